The van der Waals surface area contributed by atoms with Crippen LogP contribution in [0.5, 0.6) is 0 Å². The Hall–Kier alpha value is -1.28. The molecule has 1 aromatic heterocycles. The molecule has 0 atom stereocenters. The van der Waals surface area contributed by atoms with Crippen LogP contribution in [0.2, 0.25) is 0 Å². The van der Waals surface area contributed by atoms with Crippen LogP contribution in [0, 0.1) is 5.92 Å². The molecule has 2 nitrogen and oxygen atoms in total. The van der Waals surface area contributed by atoms with E-state index in [9.17, 15) is 0 Å². The van der Waals surface area contributed by atoms with Crippen molar-refractivity contribution in [2.24, 2.45) is 5.92 Å². The molecule has 0 radical (unpaired) electrons. The lowest BCUT2D eigenvalue weighted by atomic mass is 10.1. The number of unbranched alkanes of at least 4 members (excludes halogenated alkanes) is 3. The molecule has 0 spiro atoms. The minimum Gasteiger partial charge on any atom is -0.347 e. The molecule has 2 aromatic rings. The quantitative estimate of drug-likeness (QED) is 0.644. The van der Waals surface area contributed by atoms with Crippen LogP contribution in [-0.4, -0.2) is 11.1 Å². The monoisotopic (exact) mass is 286 g/mol. The molecule has 2 heteroatoms. The van der Waals surface area contributed by atoms with E-state index in [0.717, 1.165) is 19.6 Å². The van der Waals surface area contributed by atoms with Gasteiger partial charge in [-0.2, -0.15) is 0 Å². The van der Waals surface area contributed by atoms with Crippen molar-refractivity contribution in [3.05, 3.63) is 36.0 Å². The lowest BCUT2D eigenvalue weighted by molar-refractivity contribution is 0.552. The molecule has 0 aliphatic rings. The lowest BCUT2D eigenvalue weighted by Crippen LogP contribution is -2.18. The van der Waals surface area contributed by atoms with Gasteiger partial charge in [0.2, 0.25) is 0 Å². The van der Waals surface area contributed by atoms with Crippen LogP contribution in [0.4, 0.5) is 0 Å². The maximum atomic E-state index is 3.53. The van der Waals surface area contributed by atoms with Crippen molar-refractivity contribution in [2.75, 3.05) is 6.54 Å². The number of hydrogen-bond donors (Lipinski definition) is 1. The second kappa shape index (κ2) is 8.23. The third-order valence-electron chi connectivity index (χ3n) is 3.97. The Bertz CT molecular complexity index is 539. The molecular weight excluding hydrogens is 256 g/mol. The first-order chi connectivity index (χ1) is 10.2. The summed E-state index contributed by atoms with van der Waals surface area (Å²) in [7, 11) is 0. The molecule has 0 saturated heterocycles. The Morgan fingerprint density at radius 2 is 1.95 bits per heavy atom. The van der Waals surface area contributed by atoms with Gasteiger partial charge >= 0.3 is 0 Å². The maximum Gasteiger partial charge on any atom is 0.0483 e. The van der Waals surface area contributed by atoms with E-state index in [2.05, 4.69) is 61.1 Å². The smallest absolute Gasteiger partial charge is 0.0483 e. The van der Waals surface area contributed by atoms with Gasteiger partial charge in [-0.25, -0.2) is 0 Å². The highest BCUT2D eigenvalue weighted by Gasteiger charge is 2.03. The molecule has 0 aliphatic carbocycles. The van der Waals surface area contributed by atoms with Gasteiger partial charge in [-0.3, -0.25) is 0 Å². The van der Waals surface area contributed by atoms with E-state index >= 15 is 0 Å². The minimum absolute atomic E-state index is 0.705. The molecule has 0 fully saturated rings. The number of benzene rings is 1. The zero-order valence-corrected chi connectivity index (χ0v) is 13.9. The predicted molar refractivity (Wildman–Crippen MR) is 92.6 cm³/mol. The molecule has 1 N–H and O–H groups in total. The van der Waals surface area contributed by atoms with E-state index in [1.807, 2.05) is 0 Å². The Balaban J connectivity index is 1.99. The van der Waals surface area contributed by atoms with Crippen molar-refractivity contribution in [3.63, 3.8) is 0 Å². The lowest BCUT2D eigenvalue weighted by Gasteiger charge is -2.09. The Labute approximate surface area is 129 Å². The van der Waals surface area contributed by atoms with E-state index in [-0.39, 0.29) is 0 Å². The highest BCUT2D eigenvalue weighted by Crippen LogP contribution is 2.19. The van der Waals surface area contributed by atoms with E-state index < -0.39 is 0 Å². The van der Waals surface area contributed by atoms with Gasteiger partial charge in [0.15, 0.2) is 0 Å². The number of fused-ring (bicyclic) bond motifs is 1. The van der Waals surface area contributed by atoms with Gasteiger partial charge in [0.05, 0.1) is 0 Å². The van der Waals surface area contributed by atoms with Crippen molar-refractivity contribution in [2.45, 2.75) is 59.5 Å². The summed E-state index contributed by atoms with van der Waals surface area (Å²) in [5, 5.41) is 4.89. The standard InChI is InChI=1S/C19H30N2/c1-4-5-6-7-11-21-12-10-18-9-8-17(13-19(18)21)15-20-14-16(2)3/h8-10,12-13,16,20H,4-7,11,14-15H2,1-3H3. The number of nitrogens with zero attached hydrogens (tertiary/aromatic N) is 1. The Kier molecular flexibility index (Phi) is 6.31. The van der Waals surface area contributed by atoms with Gasteiger partial charge in [0, 0.05) is 24.8 Å². The maximum absolute atomic E-state index is 3.53. The van der Waals surface area contributed by atoms with Crippen LogP contribution in [0.1, 0.15) is 52.0 Å². The van der Waals surface area contributed by atoms with Crippen molar-refractivity contribution in [1.29, 1.82) is 0 Å². The summed E-state index contributed by atoms with van der Waals surface area (Å²) in [5.74, 6) is 0.705. The van der Waals surface area contributed by atoms with Crippen LogP contribution in [-0.2, 0) is 13.1 Å². The van der Waals surface area contributed by atoms with Gasteiger partial charge in [-0.05, 0) is 42.0 Å². The van der Waals surface area contributed by atoms with E-state index in [1.54, 1.807) is 0 Å². The summed E-state index contributed by atoms with van der Waals surface area (Å²) in [4.78, 5) is 0. The SMILES string of the molecule is CCCCCCn1ccc2ccc(CNCC(C)C)cc21. The summed E-state index contributed by atoms with van der Waals surface area (Å²) in [6, 6.07) is 9.09. The number of nitrogens with one attached hydrogen (secondary N) is 1. The van der Waals surface area contributed by atoms with Crippen LogP contribution >= 0.6 is 0 Å². The normalized spacial score (nSPS) is 11.6. The fourth-order valence-electron chi connectivity index (χ4n) is 2.75. The average Bonchev–Trinajstić information content (AvgIpc) is 2.86. The number of rotatable bonds is 9. The zero-order valence-electron chi connectivity index (χ0n) is 13.9. The van der Waals surface area contributed by atoms with Crippen molar-refractivity contribution < 1.29 is 0 Å². The third kappa shape index (κ3) is 4.89. The molecule has 1 heterocycles. The summed E-state index contributed by atoms with van der Waals surface area (Å²) >= 11 is 0. The molecular formula is C19H30N2. The average molecular weight is 286 g/mol. The van der Waals surface area contributed by atoms with E-state index in [1.165, 1.54) is 42.1 Å². The van der Waals surface area contributed by atoms with Crippen LogP contribution in [0.25, 0.3) is 10.9 Å². The Morgan fingerprint density at radius 3 is 2.71 bits per heavy atom. The molecule has 2 rings (SSSR count). The summed E-state index contributed by atoms with van der Waals surface area (Å²) < 4.78 is 2.41. The second-order valence-corrected chi connectivity index (χ2v) is 6.49. The van der Waals surface area contributed by atoms with Gasteiger partial charge in [0.1, 0.15) is 0 Å². The van der Waals surface area contributed by atoms with Crippen molar-refractivity contribution in [1.82, 2.24) is 9.88 Å². The predicted octanol–water partition coefficient (Wildman–Crippen LogP) is 4.97. The fourth-order valence-corrected chi connectivity index (χ4v) is 2.75. The number of aromatic nitrogens is 1. The molecule has 116 valence electrons. The number of hydrogen-bond acceptors (Lipinski definition) is 1. The van der Waals surface area contributed by atoms with Crippen LogP contribution < -0.4 is 5.32 Å². The van der Waals surface area contributed by atoms with E-state index in [4.69, 9.17) is 0 Å². The summed E-state index contributed by atoms with van der Waals surface area (Å²) in [6.07, 6.45) is 7.52. The molecule has 0 bridgehead atoms. The van der Waals surface area contributed by atoms with Crippen LogP contribution in [0.15, 0.2) is 30.5 Å². The summed E-state index contributed by atoms with van der Waals surface area (Å²) in [6.45, 7) is 9.95. The molecule has 0 unspecified atom stereocenters. The van der Waals surface area contributed by atoms with E-state index in [0.29, 0.717) is 5.92 Å². The Morgan fingerprint density at radius 1 is 1.10 bits per heavy atom. The molecule has 0 saturated carbocycles. The van der Waals surface area contributed by atoms with Gasteiger partial charge in [-0.15, -0.1) is 0 Å². The first-order valence-electron chi connectivity index (χ1n) is 8.49. The fraction of sp³-hybridized carbons (Fsp3) is 0.579. The van der Waals surface area contributed by atoms with Gasteiger partial charge in [-0.1, -0.05) is 52.2 Å². The van der Waals surface area contributed by atoms with Crippen molar-refractivity contribution in [3.8, 4) is 0 Å². The molecule has 0 aliphatic heterocycles. The molecule has 0 amide bonds. The largest absolute Gasteiger partial charge is 0.347 e. The summed E-state index contributed by atoms with van der Waals surface area (Å²) in [5.41, 5.74) is 2.77. The van der Waals surface area contributed by atoms with Gasteiger partial charge in [0.25, 0.3) is 0 Å². The highest BCUT2D eigenvalue weighted by atomic mass is 14.9. The van der Waals surface area contributed by atoms with Crippen LogP contribution in [0.3, 0.4) is 0 Å². The highest BCUT2D eigenvalue weighted by molar-refractivity contribution is 5.80. The topological polar surface area (TPSA) is 17.0 Å². The second-order valence-electron chi connectivity index (χ2n) is 6.49. The zero-order chi connectivity index (χ0) is 15.1. The first kappa shape index (κ1) is 16.1. The minimum atomic E-state index is 0.705. The molecule has 21 heavy (non-hydrogen) atoms. The molecule has 1 aromatic carbocycles. The third-order valence-corrected chi connectivity index (χ3v) is 3.97. The van der Waals surface area contributed by atoms with Gasteiger partial charge < -0.3 is 9.88 Å². The van der Waals surface area contributed by atoms with Crippen molar-refractivity contribution >= 4 is 10.9 Å². The first-order valence-corrected chi connectivity index (χ1v) is 8.49. The number of aryl methyl sites for hydroxylation is 1.